The van der Waals surface area contributed by atoms with Gasteiger partial charge in [-0.2, -0.15) is 5.10 Å². The molecule has 0 aliphatic rings. The van der Waals surface area contributed by atoms with Crippen LogP contribution in [0.25, 0.3) is 33.4 Å². The summed E-state index contributed by atoms with van der Waals surface area (Å²) in [5, 5.41) is 8.32. The third-order valence-electron chi connectivity index (χ3n) is 4.67. The van der Waals surface area contributed by atoms with Gasteiger partial charge in [-0.1, -0.05) is 24.3 Å². The molecular weight excluding hydrogens is 362 g/mol. The molecule has 1 N–H and O–H groups in total. The molecule has 4 heterocycles. The van der Waals surface area contributed by atoms with E-state index in [-0.39, 0.29) is 0 Å². The lowest BCUT2D eigenvalue weighted by molar-refractivity contribution is 0.300. The van der Waals surface area contributed by atoms with Gasteiger partial charge in [0.1, 0.15) is 12.4 Å². The molecule has 4 aromatic heterocycles. The predicted octanol–water partition coefficient (Wildman–Crippen LogP) is 4.66. The third kappa shape index (κ3) is 3.55. The maximum atomic E-state index is 5.87. The van der Waals surface area contributed by atoms with Gasteiger partial charge < -0.3 is 4.74 Å². The molecule has 0 amide bonds. The Hall–Kier alpha value is -4.06. The Morgan fingerprint density at radius 2 is 1.76 bits per heavy atom. The first kappa shape index (κ1) is 17.1. The number of nitrogens with one attached hydrogen (secondary N) is 1. The van der Waals surface area contributed by atoms with Crippen LogP contribution in [0.15, 0.2) is 85.5 Å². The van der Waals surface area contributed by atoms with Gasteiger partial charge in [0.25, 0.3) is 0 Å². The van der Waals surface area contributed by atoms with Gasteiger partial charge in [0.2, 0.25) is 0 Å². The molecule has 0 unspecified atom stereocenters. The average molecular weight is 379 g/mol. The normalized spacial score (nSPS) is 10.9. The quantitative estimate of drug-likeness (QED) is 0.481. The van der Waals surface area contributed by atoms with Crippen molar-refractivity contribution in [2.45, 2.75) is 6.61 Å². The van der Waals surface area contributed by atoms with Gasteiger partial charge >= 0.3 is 0 Å². The van der Waals surface area contributed by atoms with E-state index in [9.17, 15) is 0 Å². The lowest BCUT2D eigenvalue weighted by atomic mass is 10.1. The van der Waals surface area contributed by atoms with Crippen LogP contribution in [0.4, 0.5) is 0 Å². The van der Waals surface area contributed by atoms with Crippen LogP contribution in [-0.2, 0) is 6.61 Å². The molecule has 5 aromatic rings. The van der Waals surface area contributed by atoms with Crippen LogP contribution >= 0.6 is 0 Å². The third-order valence-corrected chi connectivity index (χ3v) is 4.67. The van der Waals surface area contributed by atoms with Crippen molar-refractivity contribution in [3.63, 3.8) is 0 Å². The van der Waals surface area contributed by atoms with E-state index in [1.807, 2.05) is 54.6 Å². The van der Waals surface area contributed by atoms with Gasteiger partial charge in [-0.3, -0.25) is 15.1 Å². The number of rotatable bonds is 5. The van der Waals surface area contributed by atoms with Gasteiger partial charge in [0, 0.05) is 23.3 Å². The fourth-order valence-corrected chi connectivity index (χ4v) is 3.19. The first-order valence-electron chi connectivity index (χ1n) is 9.24. The molecule has 6 nitrogen and oxygen atoms in total. The van der Waals surface area contributed by atoms with E-state index in [2.05, 4.69) is 31.2 Å². The molecule has 1 aromatic carbocycles. The Labute approximate surface area is 167 Å². The Balaban J connectivity index is 1.32. The first-order valence-corrected chi connectivity index (χ1v) is 9.24. The number of para-hydroxylation sites is 1. The second-order valence-electron chi connectivity index (χ2n) is 6.56. The first-order chi connectivity index (χ1) is 14.4. The van der Waals surface area contributed by atoms with E-state index in [0.29, 0.717) is 12.4 Å². The molecule has 0 radical (unpaired) electrons. The van der Waals surface area contributed by atoms with E-state index in [0.717, 1.165) is 39.1 Å². The molecule has 0 fully saturated rings. The summed E-state index contributed by atoms with van der Waals surface area (Å²) in [5.74, 6) is 0.689. The number of ether oxygens (including phenoxy) is 1. The highest BCUT2D eigenvalue weighted by Crippen LogP contribution is 2.29. The molecule has 0 saturated carbocycles. The summed E-state index contributed by atoms with van der Waals surface area (Å²) < 4.78 is 5.87. The molecule has 0 atom stereocenters. The van der Waals surface area contributed by atoms with Crippen molar-refractivity contribution in [3.05, 3.63) is 91.1 Å². The molecule has 5 rings (SSSR count). The van der Waals surface area contributed by atoms with E-state index >= 15 is 0 Å². The van der Waals surface area contributed by atoms with Crippen molar-refractivity contribution in [2.75, 3.05) is 0 Å². The summed E-state index contributed by atoms with van der Waals surface area (Å²) >= 11 is 0. The molecule has 0 aliphatic heterocycles. The minimum Gasteiger partial charge on any atom is -0.486 e. The molecule has 0 bridgehead atoms. The van der Waals surface area contributed by atoms with Gasteiger partial charge in [-0.05, 0) is 42.0 Å². The second-order valence-corrected chi connectivity index (χ2v) is 6.56. The number of nitrogens with zero attached hydrogens (tertiary/aromatic N) is 4. The summed E-state index contributed by atoms with van der Waals surface area (Å²) in [4.78, 5) is 13.2. The number of hydrogen-bond donors (Lipinski definition) is 1. The standard InChI is InChI=1S/C23H17N5O/c1-2-4-21-17(3-1)5-6-18(27-21)15-29-19-7-8-22(25-13-19)23-20(14-26-28-23)16-9-11-24-12-10-16/h1-14H,15H2,(H,26,28). The number of aromatic nitrogens is 5. The minimum atomic E-state index is 0.387. The minimum absolute atomic E-state index is 0.387. The van der Waals surface area contributed by atoms with Crippen LogP contribution in [0.1, 0.15) is 5.69 Å². The number of hydrogen-bond acceptors (Lipinski definition) is 5. The number of benzene rings is 1. The maximum Gasteiger partial charge on any atom is 0.138 e. The Morgan fingerprint density at radius 1 is 0.862 bits per heavy atom. The van der Waals surface area contributed by atoms with Gasteiger partial charge in [-0.15, -0.1) is 0 Å². The highest BCUT2D eigenvalue weighted by Gasteiger charge is 2.11. The molecule has 0 saturated heterocycles. The summed E-state index contributed by atoms with van der Waals surface area (Å²) in [5.41, 5.74) is 5.51. The number of aromatic amines is 1. The van der Waals surface area contributed by atoms with Gasteiger partial charge in [0.15, 0.2) is 0 Å². The van der Waals surface area contributed by atoms with Crippen LogP contribution in [0, 0.1) is 0 Å². The Morgan fingerprint density at radius 3 is 2.62 bits per heavy atom. The van der Waals surface area contributed by atoms with Crippen LogP contribution in [0.3, 0.4) is 0 Å². The fraction of sp³-hybridized carbons (Fsp3) is 0.0435. The zero-order valence-electron chi connectivity index (χ0n) is 15.5. The van der Waals surface area contributed by atoms with Crippen molar-refractivity contribution in [3.8, 4) is 28.3 Å². The van der Waals surface area contributed by atoms with E-state index < -0.39 is 0 Å². The summed E-state index contributed by atoms with van der Waals surface area (Å²) in [6.45, 7) is 0.387. The van der Waals surface area contributed by atoms with E-state index in [1.54, 1.807) is 24.8 Å². The monoisotopic (exact) mass is 379 g/mol. The topological polar surface area (TPSA) is 76.6 Å². The van der Waals surface area contributed by atoms with Crippen LogP contribution in [0.5, 0.6) is 5.75 Å². The van der Waals surface area contributed by atoms with E-state index in [4.69, 9.17) is 4.74 Å². The number of H-pyrrole nitrogens is 1. The zero-order valence-corrected chi connectivity index (χ0v) is 15.5. The van der Waals surface area contributed by atoms with Crippen molar-refractivity contribution in [1.29, 1.82) is 0 Å². The van der Waals surface area contributed by atoms with E-state index in [1.165, 1.54) is 0 Å². The molecule has 0 aliphatic carbocycles. The predicted molar refractivity (Wildman–Crippen MR) is 111 cm³/mol. The summed E-state index contributed by atoms with van der Waals surface area (Å²) in [6, 6.07) is 19.8. The van der Waals surface area contributed by atoms with Crippen molar-refractivity contribution < 1.29 is 4.74 Å². The lowest BCUT2D eigenvalue weighted by Crippen LogP contribution is -1.99. The zero-order chi connectivity index (χ0) is 19.5. The van der Waals surface area contributed by atoms with Gasteiger partial charge in [-0.25, -0.2) is 4.98 Å². The maximum absolute atomic E-state index is 5.87. The average Bonchev–Trinajstić information content (AvgIpc) is 3.28. The number of fused-ring (bicyclic) bond motifs is 1. The smallest absolute Gasteiger partial charge is 0.138 e. The highest BCUT2D eigenvalue weighted by atomic mass is 16.5. The molecule has 29 heavy (non-hydrogen) atoms. The second kappa shape index (κ2) is 7.52. The van der Waals surface area contributed by atoms with Crippen LogP contribution in [0.2, 0.25) is 0 Å². The van der Waals surface area contributed by atoms with Crippen molar-refractivity contribution >= 4 is 10.9 Å². The van der Waals surface area contributed by atoms with Crippen molar-refractivity contribution in [2.24, 2.45) is 0 Å². The number of pyridine rings is 3. The molecular formula is C23H17N5O. The molecule has 140 valence electrons. The largest absolute Gasteiger partial charge is 0.486 e. The Bertz CT molecular complexity index is 1250. The van der Waals surface area contributed by atoms with Gasteiger partial charge in [0.05, 0.1) is 35.0 Å². The van der Waals surface area contributed by atoms with Crippen LogP contribution < -0.4 is 4.74 Å². The molecule has 6 heteroatoms. The SMILES string of the molecule is c1ccc2nc(COc3ccc(-c4[nH]ncc4-c4ccncc4)nc3)ccc2c1. The Kier molecular flexibility index (Phi) is 4.42. The van der Waals surface area contributed by atoms with Crippen LogP contribution in [-0.4, -0.2) is 25.1 Å². The highest BCUT2D eigenvalue weighted by molar-refractivity contribution is 5.79. The summed E-state index contributed by atoms with van der Waals surface area (Å²) in [7, 11) is 0. The summed E-state index contributed by atoms with van der Waals surface area (Å²) in [6.07, 6.45) is 7.03. The lowest BCUT2D eigenvalue weighted by Gasteiger charge is -2.08. The fourth-order valence-electron chi connectivity index (χ4n) is 3.19. The molecule has 0 spiro atoms. The van der Waals surface area contributed by atoms with Crippen molar-refractivity contribution in [1.82, 2.24) is 25.1 Å².